The number of nitrogens with one attached hydrogen (secondary N) is 2. The molecule has 150 valence electrons. The predicted octanol–water partition coefficient (Wildman–Crippen LogP) is 5.79. The molecule has 0 fully saturated rings. The van der Waals surface area contributed by atoms with Gasteiger partial charge in [0.15, 0.2) is 17.5 Å². The van der Waals surface area contributed by atoms with Crippen LogP contribution in [-0.4, -0.2) is 10.9 Å². The molecule has 2 N–H and O–H groups in total. The lowest BCUT2D eigenvalue weighted by Crippen LogP contribution is -2.14. The molecular weight excluding hydrogens is 379 g/mol. The van der Waals surface area contributed by atoms with E-state index in [2.05, 4.69) is 36.4 Å². The van der Waals surface area contributed by atoms with Crippen LogP contribution in [0.15, 0.2) is 54.7 Å². The van der Waals surface area contributed by atoms with Crippen LogP contribution >= 0.6 is 0 Å². The van der Waals surface area contributed by atoms with Gasteiger partial charge in [0.25, 0.3) is 5.91 Å². The minimum atomic E-state index is -1.56. The van der Waals surface area contributed by atoms with E-state index in [1.54, 1.807) is 18.2 Å². The Labute approximate surface area is 166 Å². The average Bonchev–Trinajstić information content (AvgIpc) is 2.69. The number of pyridine rings is 1. The quantitative estimate of drug-likeness (QED) is 0.546. The molecule has 0 radical (unpaired) electrons. The van der Waals surface area contributed by atoms with Gasteiger partial charge in [0, 0.05) is 5.56 Å². The molecule has 0 unspecified atom stereocenters. The second-order valence-electron chi connectivity index (χ2n) is 7.56. The van der Waals surface area contributed by atoms with Crippen LogP contribution in [-0.2, 0) is 5.41 Å². The third kappa shape index (κ3) is 4.74. The van der Waals surface area contributed by atoms with Crippen molar-refractivity contribution in [2.45, 2.75) is 26.2 Å². The van der Waals surface area contributed by atoms with Crippen LogP contribution in [0.2, 0.25) is 0 Å². The Hall–Kier alpha value is -3.35. The molecule has 3 rings (SSSR count). The largest absolute Gasteiger partial charge is 0.338 e. The van der Waals surface area contributed by atoms with Crippen molar-refractivity contribution in [3.05, 3.63) is 83.3 Å². The highest BCUT2D eigenvalue weighted by Gasteiger charge is 2.15. The van der Waals surface area contributed by atoms with Crippen LogP contribution < -0.4 is 10.6 Å². The Morgan fingerprint density at radius 3 is 2.17 bits per heavy atom. The average molecular weight is 399 g/mol. The predicted molar refractivity (Wildman–Crippen MR) is 107 cm³/mol. The molecule has 1 amide bonds. The summed E-state index contributed by atoms with van der Waals surface area (Å²) in [4.78, 5) is 16.4. The smallest absolute Gasteiger partial charge is 0.255 e. The molecule has 0 aliphatic carbocycles. The van der Waals surface area contributed by atoms with Crippen molar-refractivity contribution >= 4 is 23.1 Å². The molecule has 7 heteroatoms. The van der Waals surface area contributed by atoms with Crippen molar-refractivity contribution in [1.29, 1.82) is 0 Å². The van der Waals surface area contributed by atoms with E-state index in [1.165, 1.54) is 12.3 Å². The summed E-state index contributed by atoms with van der Waals surface area (Å²) in [6.45, 7) is 6.28. The van der Waals surface area contributed by atoms with Gasteiger partial charge in [0.2, 0.25) is 0 Å². The minimum absolute atomic E-state index is 0.00529. The summed E-state index contributed by atoms with van der Waals surface area (Å²) in [7, 11) is 0. The van der Waals surface area contributed by atoms with Gasteiger partial charge in [-0.25, -0.2) is 18.2 Å². The molecule has 0 spiro atoms. The fraction of sp³-hybridized carbons (Fsp3) is 0.182. The van der Waals surface area contributed by atoms with Crippen LogP contribution in [0.1, 0.15) is 36.7 Å². The van der Waals surface area contributed by atoms with Crippen LogP contribution in [0, 0.1) is 17.5 Å². The SMILES string of the molecule is CC(C)(C)c1ccc(C(=O)Nc2ccc(Nc3ccc(F)c(F)c3F)nc2)cc1. The summed E-state index contributed by atoms with van der Waals surface area (Å²) in [5.74, 6) is -4.24. The standard InChI is InChI=1S/C22H20F3N3O/c1-22(2,3)14-6-4-13(5-7-14)21(29)27-15-8-11-18(26-12-15)28-17-10-9-16(23)19(24)20(17)25/h4-12H,1-3H3,(H,26,28)(H,27,29). The molecule has 0 saturated heterocycles. The van der Waals surface area contributed by atoms with Gasteiger partial charge in [-0.3, -0.25) is 4.79 Å². The van der Waals surface area contributed by atoms with E-state index >= 15 is 0 Å². The molecule has 2 aromatic carbocycles. The normalized spacial score (nSPS) is 11.2. The molecule has 0 bridgehead atoms. The van der Waals surface area contributed by atoms with E-state index in [4.69, 9.17) is 0 Å². The second kappa shape index (κ2) is 7.95. The van der Waals surface area contributed by atoms with E-state index in [9.17, 15) is 18.0 Å². The van der Waals surface area contributed by atoms with Gasteiger partial charge in [-0.15, -0.1) is 0 Å². The summed E-state index contributed by atoms with van der Waals surface area (Å²) in [6.07, 6.45) is 1.38. The number of amides is 1. The van der Waals surface area contributed by atoms with E-state index in [0.29, 0.717) is 11.3 Å². The highest BCUT2D eigenvalue weighted by atomic mass is 19.2. The Balaban J connectivity index is 1.67. The number of hydrogen-bond donors (Lipinski definition) is 2. The summed E-state index contributed by atoms with van der Waals surface area (Å²) < 4.78 is 40.0. The van der Waals surface area contributed by atoms with Gasteiger partial charge in [-0.1, -0.05) is 32.9 Å². The highest BCUT2D eigenvalue weighted by Crippen LogP contribution is 2.24. The lowest BCUT2D eigenvalue weighted by molar-refractivity contribution is 0.102. The zero-order valence-corrected chi connectivity index (χ0v) is 16.2. The Bertz CT molecular complexity index is 1030. The maximum absolute atomic E-state index is 13.7. The van der Waals surface area contributed by atoms with E-state index < -0.39 is 17.5 Å². The molecule has 0 aliphatic rings. The number of anilines is 3. The summed E-state index contributed by atoms with van der Waals surface area (Å²) in [5.41, 5.74) is 1.81. The Morgan fingerprint density at radius 1 is 0.897 bits per heavy atom. The highest BCUT2D eigenvalue weighted by molar-refractivity contribution is 6.04. The van der Waals surface area contributed by atoms with Gasteiger partial charge >= 0.3 is 0 Å². The fourth-order valence-electron chi connectivity index (χ4n) is 2.63. The third-order valence-electron chi connectivity index (χ3n) is 4.33. The lowest BCUT2D eigenvalue weighted by atomic mass is 9.87. The number of hydrogen-bond acceptors (Lipinski definition) is 3. The number of carbonyl (C=O) groups is 1. The third-order valence-corrected chi connectivity index (χ3v) is 4.33. The number of halogens is 3. The van der Waals surface area contributed by atoms with Crippen molar-refractivity contribution < 1.29 is 18.0 Å². The van der Waals surface area contributed by atoms with E-state index in [1.807, 2.05) is 12.1 Å². The van der Waals surface area contributed by atoms with Gasteiger partial charge in [0.1, 0.15) is 5.82 Å². The molecule has 0 saturated carbocycles. The zero-order chi connectivity index (χ0) is 21.2. The van der Waals surface area contributed by atoms with Crippen LogP contribution in [0.4, 0.5) is 30.4 Å². The molecule has 3 aromatic rings. The Kier molecular flexibility index (Phi) is 5.59. The molecule has 0 atom stereocenters. The molecule has 1 heterocycles. The maximum atomic E-state index is 13.7. The molecule has 0 aliphatic heterocycles. The van der Waals surface area contributed by atoms with Crippen LogP contribution in [0.25, 0.3) is 0 Å². The lowest BCUT2D eigenvalue weighted by Gasteiger charge is -2.19. The summed E-state index contributed by atoms with van der Waals surface area (Å²) in [5, 5.41) is 5.29. The van der Waals surface area contributed by atoms with Gasteiger partial charge in [-0.05, 0) is 47.4 Å². The second-order valence-corrected chi connectivity index (χ2v) is 7.56. The molecular formula is C22H20F3N3O. The first-order chi connectivity index (χ1) is 13.6. The molecule has 29 heavy (non-hydrogen) atoms. The van der Waals surface area contributed by atoms with Crippen LogP contribution in [0.3, 0.4) is 0 Å². The maximum Gasteiger partial charge on any atom is 0.255 e. The first-order valence-corrected chi connectivity index (χ1v) is 8.93. The van der Waals surface area contributed by atoms with Crippen LogP contribution in [0.5, 0.6) is 0 Å². The number of aromatic nitrogens is 1. The number of rotatable bonds is 4. The fourth-order valence-corrected chi connectivity index (χ4v) is 2.63. The number of carbonyl (C=O) groups excluding carboxylic acids is 1. The monoisotopic (exact) mass is 399 g/mol. The van der Waals surface area contributed by atoms with Crippen molar-refractivity contribution in [2.24, 2.45) is 0 Å². The number of benzene rings is 2. The molecule has 4 nitrogen and oxygen atoms in total. The van der Waals surface area contributed by atoms with Crippen molar-refractivity contribution in [3.8, 4) is 0 Å². The molecule has 1 aromatic heterocycles. The summed E-state index contributed by atoms with van der Waals surface area (Å²) in [6, 6.07) is 12.3. The van der Waals surface area contributed by atoms with Crippen molar-refractivity contribution in [1.82, 2.24) is 4.98 Å². The summed E-state index contributed by atoms with van der Waals surface area (Å²) >= 11 is 0. The number of nitrogens with zero attached hydrogens (tertiary/aromatic N) is 1. The van der Waals surface area contributed by atoms with Crippen molar-refractivity contribution in [2.75, 3.05) is 10.6 Å². The van der Waals surface area contributed by atoms with Crippen molar-refractivity contribution in [3.63, 3.8) is 0 Å². The van der Waals surface area contributed by atoms with Gasteiger partial charge < -0.3 is 10.6 Å². The first-order valence-electron chi connectivity index (χ1n) is 8.93. The minimum Gasteiger partial charge on any atom is -0.338 e. The van der Waals surface area contributed by atoms with E-state index in [-0.39, 0.29) is 22.8 Å². The topological polar surface area (TPSA) is 54.0 Å². The Morgan fingerprint density at radius 2 is 1.59 bits per heavy atom. The van der Waals surface area contributed by atoms with Gasteiger partial charge in [-0.2, -0.15) is 0 Å². The van der Waals surface area contributed by atoms with E-state index in [0.717, 1.165) is 17.7 Å². The van der Waals surface area contributed by atoms with Gasteiger partial charge in [0.05, 0.1) is 17.6 Å². The first kappa shape index (κ1) is 20.4. The zero-order valence-electron chi connectivity index (χ0n) is 16.2.